The maximum Gasteiger partial charge on any atom is 0.261 e. The summed E-state index contributed by atoms with van der Waals surface area (Å²) in [6, 6.07) is 13.0. The molecule has 1 aliphatic rings. The van der Waals surface area contributed by atoms with Gasteiger partial charge in [-0.25, -0.2) is 8.42 Å². The smallest absolute Gasteiger partial charge is 0.261 e. The van der Waals surface area contributed by atoms with Crippen LogP contribution in [0.25, 0.3) is 0 Å². The third-order valence-electron chi connectivity index (χ3n) is 3.88. The molecule has 1 fully saturated rings. The number of hydrogen-bond donors (Lipinski definition) is 1. The fraction of sp³-hybridized carbons (Fsp3) is 0.235. The molecule has 0 radical (unpaired) electrons. The Bertz CT molecular complexity index is 844. The number of rotatable bonds is 4. The van der Waals surface area contributed by atoms with Crippen molar-refractivity contribution in [1.29, 1.82) is 0 Å². The zero-order valence-corrected chi connectivity index (χ0v) is 15.3. The fourth-order valence-electron chi connectivity index (χ4n) is 2.63. The van der Waals surface area contributed by atoms with E-state index in [1.54, 1.807) is 36.4 Å². The van der Waals surface area contributed by atoms with Gasteiger partial charge in [0.2, 0.25) is 0 Å². The average molecular weight is 409 g/mol. The minimum absolute atomic E-state index is 0.00565. The first-order valence-electron chi connectivity index (χ1n) is 7.63. The summed E-state index contributed by atoms with van der Waals surface area (Å²) >= 11 is 3.26. The molecule has 1 amide bonds. The monoisotopic (exact) mass is 408 g/mol. The van der Waals surface area contributed by atoms with Gasteiger partial charge in [0, 0.05) is 28.8 Å². The molecule has 0 bridgehead atoms. The van der Waals surface area contributed by atoms with E-state index >= 15 is 0 Å². The van der Waals surface area contributed by atoms with Crippen molar-refractivity contribution >= 4 is 37.5 Å². The minimum atomic E-state index is -3.66. The van der Waals surface area contributed by atoms with Crippen molar-refractivity contribution in [3.05, 3.63) is 58.6 Å². The van der Waals surface area contributed by atoms with Crippen molar-refractivity contribution in [2.45, 2.75) is 17.7 Å². The van der Waals surface area contributed by atoms with Crippen molar-refractivity contribution < 1.29 is 13.2 Å². The van der Waals surface area contributed by atoms with Crippen molar-refractivity contribution in [2.75, 3.05) is 17.8 Å². The molecular formula is C17H17BrN2O3S. The number of nitrogens with zero attached hydrogens (tertiary/aromatic N) is 1. The Morgan fingerprint density at radius 3 is 2.33 bits per heavy atom. The molecule has 0 aliphatic carbocycles. The van der Waals surface area contributed by atoms with E-state index in [0.717, 1.165) is 25.9 Å². The van der Waals surface area contributed by atoms with E-state index in [1.165, 1.54) is 12.1 Å². The van der Waals surface area contributed by atoms with Crippen LogP contribution in [-0.2, 0) is 10.0 Å². The van der Waals surface area contributed by atoms with E-state index in [-0.39, 0.29) is 10.8 Å². The largest absolute Gasteiger partial charge is 0.339 e. The molecule has 24 heavy (non-hydrogen) atoms. The minimum Gasteiger partial charge on any atom is -0.339 e. The highest BCUT2D eigenvalue weighted by molar-refractivity contribution is 9.10. The standard InChI is InChI=1S/C17H17BrN2O3S/c18-14-4-3-5-16(12-14)24(22,23)19-15-8-6-13(7-9-15)17(21)20-10-1-2-11-20/h3-9,12,19H,1-2,10-11H2. The molecule has 5 nitrogen and oxygen atoms in total. The summed E-state index contributed by atoms with van der Waals surface area (Å²) in [6.07, 6.45) is 2.08. The summed E-state index contributed by atoms with van der Waals surface area (Å²) in [5.41, 5.74) is 0.996. The van der Waals surface area contributed by atoms with Crippen LogP contribution in [0.5, 0.6) is 0 Å². The second-order valence-corrected chi connectivity index (χ2v) is 8.24. The van der Waals surface area contributed by atoms with E-state index in [0.29, 0.717) is 15.7 Å². The predicted molar refractivity (Wildman–Crippen MR) is 96.5 cm³/mol. The number of nitrogens with one attached hydrogen (secondary N) is 1. The third-order valence-corrected chi connectivity index (χ3v) is 5.76. The molecule has 0 aromatic heterocycles. The molecule has 1 aliphatic heterocycles. The number of carbonyl (C=O) groups excluding carboxylic acids is 1. The molecule has 126 valence electrons. The lowest BCUT2D eigenvalue weighted by molar-refractivity contribution is 0.0793. The van der Waals surface area contributed by atoms with E-state index in [4.69, 9.17) is 0 Å². The SMILES string of the molecule is O=C(c1ccc(NS(=O)(=O)c2cccc(Br)c2)cc1)N1CCCC1. The number of anilines is 1. The molecule has 1 heterocycles. The van der Waals surface area contributed by atoms with E-state index in [9.17, 15) is 13.2 Å². The molecule has 7 heteroatoms. The lowest BCUT2D eigenvalue weighted by atomic mass is 10.2. The average Bonchev–Trinajstić information content (AvgIpc) is 3.09. The van der Waals surface area contributed by atoms with Gasteiger partial charge in [-0.2, -0.15) is 0 Å². The summed E-state index contributed by atoms with van der Waals surface area (Å²) in [4.78, 5) is 14.3. The van der Waals surface area contributed by atoms with Crippen molar-refractivity contribution in [3.63, 3.8) is 0 Å². The molecule has 2 aromatic rings. The van der Waals surface area contributed by atoms with Gasteiger partial charge in [0.15, 0.2) is 0 Å². The van der Waals surface area contributed by atoms with Crippen LogP contribution in [0.15, 0.2) is 57.9 Å². The quantitative estimate of drug-likeness (QED) is 0.841. The van der Waals surface area contributed by atoms with Gasteiger partial charge >= 0.3 is 0 Å². The van der Waals surface area contributed by atoms with Crippen LogP contribution in [-0.4, -0.2) is 32.3 Å². The first-order valence-corrected chi connectivity index (χ1v) is 9.91. The normalized spacial score (nSPS) is 14.6. The highest BCUT2D eigenvalue weighted by Crippen LogP contribution is 2.20. The van der Waals surface area contributed by atoms with Gasteiger partial charge in [-0.1, -0.05) is 22.0 Å². The van der Waals surface area contributed by atoms with E-state index < -0.39 is 10.0 Å². The van der Waals surface area contributed by atoms with Crippen LogP contribution >= 0.6 is 15.9 Å². The Morgan fingerprint density at radius 2 is 1.71 bits per heavy atom. The van der Waals surface area contributed by atoms with E-state index in [1.807, 2.05) is 4.90 Å². The second-order valence-electron chi connectivity index (χ2n) is 5.64. The van der Waals surface area contributed by atoms with Crippen LogP contribution in [0.3, 0.4) is 0 Å². The molecular weight excluding hydrogens is 392 g/mol. The number of hydrogen-bond acceptors (Lipinski definition) is 3. The van der Waals surface area contributed by atoms with Gasteiger partial charge in [-0.05, 0) is 55.3 Å². The molecule has 1 saturated heterocycles. The molecule has 0 saturated carbocycles. The summed E-state index contributed by atoms with van der Waals surface area (Å²) < 4.78 is 28.0. The van der Waals surface area contributed by atoms with Crippen molar-refractivity contribution in [2.24, 2.45) is 0 Å². The Kier molecular flexibility index (Phi) is 4.91. The predicted octanol–water partition coefficient (Wildman–Crippen LogP) is 3.49. The van der Waals surface area contributed by atoms with Gasteiger partial charge in [-0.15, -0.1) is 0 Å². The Hall–Kier alpha value is -1.86. The van der Waals surface area contributed by atoms with Crippen LogP contribution in [0, 0.1) is 0 Å². The molecule has 0 atom stereocenters. The lowest BCUT2D eigenvalue weighted by Gasteiger charge is -2.15. The zero-order valence-electron chi connectivity index (χ0n) is 12.9. The number of benzene rings is 2. The zero-order chi connectivity index (χ0) is 17.2. The van der Waals surface area contributed by atoms with Gasteiger partial charge in [-0.3, -0.25) is 9.52 Å². The topological polar surface area (TPSA) is 66.5 Å². The molecule has 2 aromatic carbocycles. The lowest BCUT2D eigenvalue weighted by Crippen LogP contribution is -2.27. The number of sulfonamides is 1. The van der Waals surface area contributed by atoms with Crippen molar-refractivity contribution in [3.8, 4) is 0 Å². The van der Waals surface area contributed by atoms with Gasteiger partial charge in [0.1, 0.15) is 0 Å². The van der Waals surface area contributed by atoms with Gasteiger partial charge in [0.25, 0.3) is 15.9 Å². The van der Waals surface area contributed by atoms with E-state index in [2.05, 4.69) is 20.7 Å². The molecule has 0 spiro atoms. The number of likely N-dealkylation sites (tertiary alicyclic amines) is 1. The number of amides is 1. The highest BCUT2D eigenvalue weighted by atomic mass is 79.9. The first kappa shape index (κ1) is 17.0. The van der Waals surface area contributed by atoms with Gasteiger partial charge < -0.3 is 4.90 Å². The third kappa shape index (κ3) is 3.79. The summed E-state index contributed by atoms with van der Waals surface area (Å²) in [7, 11) is -3.66. The molecule has 1 N–H and O–H groups in total. The molecule has 3 rings (SSSR count). The highest BCUT2D eigenvalue weighted by Gasteiger charge is 2.20. The van der Waals surface area contributed by atoms with Crippen molar-refractivity contribution in [1.82, 2.24) is 4.90 Å². The Morgan fingerprint density at radius 1 is 1.04 bits per heavy atom. The van der Waals surface area contributed by atoms with Crippen LogP contribution in [0.2, 0.25) is 0 Å². The van der Waals surface area contributed by atoms with Crippen LogP contribution in [0.4, 0.5) is 5.69 Å². The second kappa shape index (κ2) is 6.94. The Balaban J connectivity index is 1.75. The van der Waals surface area contributed by atoms with Gasteiger partial charge in [0.05, 0.1) is 4.90 Å². The summed E-state index contributed by atoms with van der Waals surface area (Å²) in [5.74, 6) is -0.00565. The maximum absolute atomic E-state index is 12.4. The maximum atomic E-state index is 12.4. The fourth-order valence-corrected chi connectivity index (χ4v) is 4.29. The summed E-state index contributed by atoms with van der Waals surface area (Å²) in [5, 5.41) is 0. The number of carbonyl (C=O) groups is 1. The first-order chi connectivity index (χ1) is 11.5. The molecule has 0 unspecified atom stereocenters. The summed E-state index contributed by atoms with van der Waals surface area (Å²) in [6.45, 7) is 1.58. The van der Waals surface area contributed by atoms with Crippen LogP contribution < -0.4 is 4.72 Å². The number of halogens is 1. The Labute approximate surface area is 149 Å². The van der Waals surface area contributed by atoms with Crippen LogP contribution in [0.1, 0.15) is 23.2 Å².